The summed E-state index contributed by atoms with van der Waals surface area (Å²) in [4.78, 5) is 25.9. The third-order valence-electron chi connectivity index (χ3n) is 6.14. The molecule has 4 rings (SSSR count). The maximum Gasteiger partial charge on any atom is 0.269 e. The van der Waals surface area contributed by atoms with Crippen molar-refractivity contribution in [3.63, 3.8) is 0 Å². The molecule has 168 valence electrons. The van der Waals surface area contributed by atoms with Crippen LogP contribution in [0.4, 0.5) is 11.4 Å². The van der Waals surface area contributed by atoms with Crippen LogP contribution in [0.3, 0.4) is 0 Å². The first-order valence-electron chi connectivity index (χ1n) is 10.5. The smallest absolute Gasteiger partial charge is 0.269 e. The molecule has 1 aliphatic carbocycles. The Balaban J connectivity index is 1.99. The fourth-order valence-electron chi connectivity index (χ4n) is 4.72. The second-order valence-electron chi connectivity index (χ2n) is 9.00. The summed E-state index contributed by atoms with van der Waals surface area (Å²) in [5, 5.41) is 21.2. The minimum atomic E-state index is -0.694. The van der Waals surface area contributed by atoms with Gasteiger partial charge in [-0.25, -0.2) is 0 Å². The molecule has 0 aromatic heterocycles. The topological polar surface area (TPSA) is 122 Å². The average molecular weight is 444 g/mol. The number of nitriles is 1. The number of nitrogens with two attached hydrogens (primary N) is 1. The molecule has 0 bridgehead atoms. The fourth-order valence-corrected chi connectivity index (χ4v) is 4.72. The highest BCUT2D eigenvalue weighted by atomic mass is 16.6. The Morgan fingerprint density at radius 3 is 2.45 bits per heavy atom. The van der Waals surface area contributed by atoms with E-state index in [-0.39, 0.29) is 28.3 Å². The molecule has 2 aromatic rings. The summed E-state index contributed by atoms with van der Waals surface area (Å²) in [6.45, 7) is 4.05. The van der Waals surface area contributed by atoms with Crippen LogP contribution in [0.1, 0.15) is 38.2 Å². The van der Waals surface area contributed by atoms with Gasteiger partial charge in [-0.15, -0.1) is 0 Å². The fraction of sp³-hybridized carbons (Fsp3) is 0.280. The first-order chi connectivity index (χ1) is 15.7. The lowest BCUT2D eigenvalue weighted by Crippen LogP contribution is -2.42. The van der Waals surface area contributed by atoms with E-state index in [1.807, 2.05) is 32.0 Å². The number of Topliss-reactive ketones (excluding diaryl/α,β-unsaturated/α-hetero) is 1. The maximum absolute atomic E-state index is 13.5. The van der Waals surface area contributed by atoms with Gasteiger partial charge in [-0.05, 0) is 29.5 Å². The lowest BCUT2D eigenvalue weighted by atomic mass is 9.68. The molecule has 2 aliphatic rings. The summed E-state index contributed by atoms with van der Waals surface area (Å²) in [7, 11) is 1.55. The number of hydrogen-bond donors (Lipinski definition) is 1. The average Bonchev–Trinajstić information content (AvgIpc) is 2.77. The van der Waals surface area contributed by atoms with Gasteiger partial charge < -0.3 is 10.5 Å². The van der Waals surface area contributed by atoms with Gasteiger partial charge in [-0.1, -0.05) is 38.1 Å². The highest BCUT2D eigenvalue weighted by molar-refractivity contribution is 6.01. The quantitative estimate of drug-likeness (QED) is 0.542. The Hall–Kier alpha value is -4.12. The largest absolute Gasteiger partial charge is 0.495 e. The third-order valence-corrected chi connectivity index (χ3v) is 6.14. The molecular formula is C25H24N4O4. The molecule has 0 fully saturated rings. The predicted molar refractivity (Wildman–Crippen MR) is 123 cm³/mol. The van der Waals surface area contributed by atoms with Crippen LogP contribution in [0, 0.1) is 26.9 Å². The number of anilines is 1. The third kappa shape index (κ3) is 3.72. The van der Waals surface area contributed by atoms with Gasteiger partial charge in [0.1, 0.15) is 11.6 Å². The van der Waals surface area contributed by atoms with E-state index in [9.17, 15) is 20.2 Å². The van der Waals surface area contributed by atoms with Crippen molar-refractivity contribution in [3.05, 3.63) is 86.9 Å². The zero-order valence-electron chi connectivity index (χ0n) is 18.7. The van der Waals surface area contributed by atoms with E-state index >= 15 is 0 Å². The molecule has 1 heterocycles. The Morgan fingerprint density at radius 2 is 1.85 bits per heavy atom. The highest BCUT2D eigenvalue weighted by Gasteiger charge is 2.45. The number of nitro groups is 1. The summed E-state index contributed by atoms with van der Waals surface area (Å²) in [6, 6.07) is 15.5. The molecule has 0 radical (unpaired) electrons. The molecule has 1 atom stereocenters. The molecule has 1 aliphatic heterocycles. The van der Waals surface area contributed by atoms with Gasteiger partial charge in [0.2, 0.25) is 0 Å². The van der Waals surface area contributed by atoms with Crippen LogP contribution in [0.5, 0.6) is 5.75 Å². The molecule has 2 N–H and O–H groups in total. The number of carbonyl (C=O) groups is 1. The summed E-state index contributed by atoms with van der Waals surface area (Å²) in [6.07, 6.45) is 0.892. The monoisotopic (exact) mass is 444 g/mol. The van der Waals surface area contributed by atoms with Crippen molar-refractivity contribution in [1.82, 2.24) is 0 Å². The van der Waals surface area contributed by atoms with E-state index in [4.69, 9.17) is 10.5 Å². The highest BCUT2D eigenvalue weighted by Crippen LogP contribution is 2.51. The van der Waals surface area contributed by atoms with E-state index < -0.39 is 10.8 Å². The number of non-ortho nitro benzene ring substituents is 1. The van der Waals surface area contributed by atoms with Crippen molar-refractivity contribution < 1.29 is 14.5 Å². The van der Waals surface area contributed by atoms with Crippen LogP contribution in [0.15, 0.2) is 71.2 Å². The number of benzene rings is 2. The number of ether oxygens (including phenoxy) is 1. The summed E-state index contributed by atoms with van der Waals surface area (Å²) in [5.41, 5.74) is 8.94. The second-order valence-corrected chi connectivity index (χ2v) is 9.00. The summed E-state index contributed by atoms with van der Waals surface area (Å²) >= 11 is 0. The van der Waals surface area contributed by atoms with Crippen molar-refractivity contribution >= 4 is 17.2 Å². The van der Waals surface area contributed by atoms with Crippen molar-refractivity contribution in [3.8, 4) is 11.8 Å². The standard InChI is InChI=1S/C25H24N4O4/c1-25(2)12-19-23(20(30)13-25)22(15-8-10-16(11-9-15)29(31)32)17(14-26)24(27)28(19)18-6-4-5-7-21(18)33-3/h4-11,22H,12-13,27H2,1-3H3. The number of nitro benzene ring substituents is 1. The van der Waals surface area contributed by atoms with E-state index in [1.165, 1.54) is 12.1 Å². The Labute approximate surface area is 191 Å². The molecular weight excluding hydrogens is 420 g/mol. The molecule has 1 unspecified atom stereocenters. The second kappa shape index (κ2) is 8.10. The van der Waals surface area contributed by atoms with Crippen LogP contribution >= 0.6 is 0 Å². The minimum Gasteiger partial charge on any atom is -0.495 e. The summed E-state index contributed by atoms with van der Waals surface area (Å²) < 4.78 is 5.55. The Kier molecular flexibility index (Phi) is 5.42. The number of para-hydroxylation sites is 2. The van der Waals surface area contributed by atoms with E-state index in [2.05, 4.69) is 6.07 Å². The van der Waals surface area contributed by atoms with Gasteiger partial charge in [-0.2, -0.15) is 5.26 Å². The van der Waals surface area contributed by atoms with E-state index in [0.717, 1.165) is 5.70 Å². The Morgan fingerprint density at radius 1 is 1.18 bits per heavy atom. The van der Waals surface area contributed by atoms with Crippen LogP contribution < -0.4 is 15.4 Å². The van der Waals surface area contributed by atoms with Crippen molar-refractivity contribution in [2.75, 3.05) is 12.0 Å². The predicted octanol–water partition coefficient (Wildman–Crippen LogP) is 4.54. The number of rotatable bonds is 4. The Bertz CT molecular complexity index is 1250. The lowest BCUT2D eigenvalue weighted by Gasteiger charge is -2.44. The van der Waals surface area contributed by atoms with E-state index in [1.54, 1.807) is 30.2 Å². The number of hydrogen-bond acceptors (Lipinski definition) is 7. The minimum absolute atomic E-state index is 0.0639. The van der Waals surface area contributed by atoms with Gasteiger partial charge in [0, 0.05) is 29.8 Å². The molecule has 8 heteroatoms. The van der Waals surface area contributed by atoms with Crippen LogP contribution in [-0.2, 0) is 4.79 Å². The number of ketones is 1. The number of allylic oxidation sites excluding steroid dienone is 3. The van der Waals surface area contributed by atoms with Crippen molar-refractivity contribution in [2.24, 2.45) is 11.1 Å². The van der Waals surface area contributed by atoms with Crippen LogP contribution in [-0.4, -0.2) is 17.8 Å². The van der Waals surface area contributed by atoms with Crippen LogP contribution in [0.2, 0.25) is 0 Å². The van der Waals surface area contributed by atoms with Crippen molar-refractivity contribution in [2.45, 2.75) is 32.6 Å². The molecule has 0 saturated heterocycles. The number of nitrogens with zero attached hydrogens (tertiary/aromatic N) is 3. The molecule has 0 amide bonds. The van der Waals surface area contributed by atoms with Crippen LogP contribution in [0.25, 0.3) is 0 Å². The molecule has 0 spiro atoms. The molecule has 0 saturated carbocycles. The van der Waals surface area contributed by atoms with Gasteiger partial charge >= 0.3 is 0 Å². The number of methoxy groups -OCH3 is 1. The normalized spacial score (nSPS) is 19.8. The SMILES string of the molecule is COc1ccccc1N1C(N)=C(C#N)C(c2ccc([N+](=O)[O-])cc2)C2=C1CC(C)(C)CC2=O. The van der Waals surface area contributed by atoms with Gasteiger partial charge in [0.05, 0.1) is 35.3 Å². The van der Waals surface area contributed by atoms with Gasteiger partial charge in [0.15, 0.2) is 5.78 Å². The maximum atomic E-state index is 13.5. The molecule has 33 heavy (non-hydrogen) atoms. The first-order valence-corrected chi connectivity index (χ1v) is 10.5. The zero-order valence-corrected chi connectivity index (χ0v) is 18.7. The molecule has 8 nitrogen and oxygen atoms in total. The van der Waals surface area contributed by atoms with E-state index in [0.29, 0.717) is 35.4 Å². The van der Waals surface area contributed by atoms with Gasteiger partial charge in [0.25, 0.3) is 5.69 Å². The van der Waals surface area contributed by atoms with Gasteiger partial charge in [-0.3, -0.25) is 19.8 Å². The first kappa shape index (κ1) is 22.1. The lowest BCUT2D eigenvalue weighted by molar-refractivity contribution is -0.384. The van der Waals surface area contributed by atoms with Crippen molar-refractivity contribution in [1.29, 1.82) is 5.26 Å². The summed E-state index contributed by atoms with van der Waals surface area (Å²) in [5.74, 6) is 0.0221. The number of carbonyl (C=O) groups excluding carboxylic acids is 1. The molecule has 2 aromatic carbocycles. The zero-order chi connectivity index (χ0) is 23.9.